The molecule has 2 amide bonds. The summed E-state index contributed by atoms with van der Waals surface area (Å²) in [5.41, 5.74) is 7.41. The number of aromatic nitrogens is 2. The van der Waals surface area contributed by atoms with Crippen molar-refractivity contribution in [1.29, 1.82) is 0 Å². The van der Waals surface area contributed by atoms with Crippen molar-refractivity contribution < 1.29 is 9.59 Å². The summed E-state index contributed by atoms with van der Waals surface area (Å²) in [7, 11) is 0. The summed E-state index contributed by atoms with van der Waals surface area (Å²) in [6.07, 6.45) is 0.857. The van der Waals surface area contributed by atoms with E-state index in [-0.39, 0.29) is 16.6 Å². The highest BCUT2D eigenvalue weighted by Crippen LogP contribution is 2.24. The first kappa shape index (κ1) is 21.4. The maximum atomic E-state index is 12.6. The van der Waals surface area contributed by atoms with Gasteiger partial charge < -0.3 is 0 Å². The highest BCUT2D eigenvalue weighted by molar-refractivity contribution is 7.14. The van der Waals surface area contributed by atoms with E-state index in [2.05, 4.69) is 16.0 Å². The minimum Gasteiger partial charge on any atom is -0.267 e. The van der Waals surface area contributed by atoms with Crippen LogP contribution < -0.4 is 10.9 Å². The van der Waals surface area contributed by atoms with Gasteiger partial charge in [0.25, 0.3) is 11.8 Å². The van der Waals surface area contributed by atoms with Gasteiger partial charge >= 0.3 is 0 Å². The molecule has 0 saturated carbocycles. The summed E-state index contributed by atoms with van der Waals surface area (Å²) in [5, 5.41) is 5.10. The molecule has 3 rings (SSSR count). The largest absolute Gasteiger partial charge is 0.279 e. The predicted molar refractivity (Wildman–Crippen MR) is 116 cm³/mol. The van der Waals surface area contributed by atoms with Gasteiger partial charge in [0.15, 0.2) is 0 Å². The first-order chi connectivity index (χ1) is 13.8. The molecule has 0 aliphatic carbocycles. The van der Waals surface area contributed by atoms with Crippen molar-refractivity contribution in [3.63, 3.8) is 0 Å². The van der Waals surface area contributed by atoms with Crippen LogP contribution in [-0.4, -0.2) is 21.6 Å². The second-order valence-electron chi connectivity index (χ2n) is 6.48. The van der Waals surface area contributed by atoms with Crippen LogP contribution in [0.2, 0.25) is 10.2 Å². The molecule has 2 aromatic heterocycles. The number of halogens is 2. The Labute approximate surface area is 182 Å². The van der Waals surface area contributed by atoms with E-state index in [9.17, 15) is 9.59 Å². The van der Waals surface area contributed by atoms with Crippen molar-refractivity contribution in [2.45, 2.75) is 33.7 Å². The van der Waals surface area contributed by atoms with Gasteiger partial charge in [-0.2, -0.15) is 5.10 Å². The Balaban J connectivity index is 1.71. The molecule has 29 heavy (non-hydrogen) atoms. The van der Waals surface area contributed by atoms with E-state index in [4.69, 9.17) is 23.2 Å². The molecule has 152 valence electrons. The molecule has 0 bridgehead atoms. The number of rotatable bonds is 5. The first-order valence-electron chi connectivity index (χ1n) is 8.98. The molecule has 6 nitrogen and oxygen atoms in total. The lowest BCUT2D eigenvalue weighted by atomic mass is 10.2. The molecule has 2 N–H and O–H groups in total. The zero-order chi connectivity index (χ0) is 21.1. The van der Waals surface area contributed by atoms with Gasteiger partial charge in [-0.05, 0) is 43.5 Å². The molecule has 0 saturated heterocycles. The fourth-order valence-corrected chi connectivity index (χ4v) is 4.45. The number of amides is 2. The van der Waals surface area contributed by atoms with Crippen LogP contribution in [0.15, 0.2) is 30.3 Å². The van der Waals surface area contributed by atoms with Crippen molar-refractivity contribution in [3.05, 3.63) is 72.6 Å². The second kappa shape index (κ2) is 8.98. The van der Waals surface area contributed by atoms with Crippen molar-refractivity contribution in [2.75, 3.05) is 0 Å². The van der Waals surface area contributed by atoms with Crippen LogP contribution >= 0.6 is 34.5 Å². The minimum atomic E-state index is -0.532. The average molecular weight is 451 g/mol. The fourth-order valence-electron chi connectivity index (χ4n) is 2.92. The van der Waals surface area contributed by atoms with E-state index < -0.39 is 5.91 Å². The molecule has 0 aliphatic heterocycles. The summed E-state index contributed by atoms with van der Waals surface area (Å²) in [6, 6.07) is 9.15. The lowest BCUT2D eigenvalue weighted by Gasteiger charge is -2.07. The molecule has 0 aliphatic rings. The Morgan fingerprint density at radius 1 is 1.14 bits per heavy atom. The summed E-state index contributed by atoms with van der Waals surface area (Å²) in [6.45, 7) is 6.00. The Hall–Kier alpha value is -2.35. The number of carbonyl (C=O) groups excluding carboxylic acids is 2. The summed E-state index contributed by atoms with van der Waals surface area (Å²) >= 11 is 14.0. The smallest absolute Gasteiger partial charge is 0.267 e. The summed E-state index contributed by atoms with van der Waals surface area (Å²) in [5.74, 6) is -0.904. The molecule has 0 atom stereocenters. The molecular formula is C20H20Cl2N4O2S. The van der Waals surface area contributed by atoms with Crippen LogP contribution in [0, 0.1) is 13.8 Å². The van der Waals surface area contributed by atoms with Crippen LogP contribution in [0.3, 0.4) is 0 Å². The molecular weight excluding hydrogens is 431 g/mol. The number of hydrogen-bond donors (Lipinski definition) is 2. The van der Waals surface area contributed by atoms with Crippen molar-refractivity contribution in [1.82, 2.24) is 20.6 Å². The van der Waals surface area contributed by atoms with Gasteiger partial charge in [-0.15, -0.1) is 11.3 Å². The number of hydrazine groups is 1. The Morgan fingerprint density at radius 3 is 2.48 bits per heavy atom. The molecule has 0 fully saturated rings. The third-order valence-corrected chi connectivity index (χ3v) is 6.56. The number of carbonyl (C=O) groups is 2. The van der Waals surface area contributed by atoms with Gasteiger partial charge in [-0.25, -0.2) is 4.68 Å². The second-order valence-corrected chi connectivity index (χ2v) is 8.38. The predicted octanol–water partition coefficient (Wildman–Crippen LogP) is 4.55. The molecule has 1 aromatic carbocycles. The third-order valence-electron chi connectivity index (χ3n) is 4.43. The van der Waals surface area contributed by atoms with Gasteiger partial charge in [-0.3, -0.25) is 20.4 Å². The van der Waals surface area contributed by atoms with Crippen molar-refractivity contribution in [2.24, 2.45) is 0 Å². The quantitative estimate of drug-likeness (QED) is 0.559. The van der Waals surface area contributed by atoms with E-state index in [0.717, 1.165) is 22.4 Å². The van der Waals surface area contributed by atoms with E-state index >= 15 is 0 Å². The Morgan fingerprint density at radius 2 is 1.83 bits per heavy atom. The number of aryl methyl sites for hydroxylation is 3. The van der Waals surface area contributed by atoms with Crippen LogP contribution in [0.1, 0.15) is 48.7 Å². The van der Waals surface area contributed by atoms with Crippen molar-refractivity contribution >= 4 is 46.4 Å². The van der Waals surface area contributed by atoms with Crippen molar-refractivity contribution in [3.8, 4) is 0 Å². The van der Waals surface area contributed by atoms with Crippen LogP contribution in [0.5, 0.6) is 0 Å². The zero-order valence-corrected chi connectivity index (χ0v) is 18.5. The minimum absolute atomic E-state index is 0.175. The highest BCUT2D eigenvalue weighted by Gasteiger charge is 2.22. The van der Waals surface area contributed by atoms with Gasteiger partial charge in [0, 0.05) is 9.90 Å². The van der Waals surface area contributed by atoms with Gasteiger partial charge in [0.05, 0.1) is 17.1 Å². The van der Waals surface area contributed by atoms with Crippen LogP contribution in [0.4, 0.5) is 0 Å². The molecule has 2 heterocycles. The summed E-state index contributed by atoms with van der Waals surface area (Å²) in [4.78, 5) is 26.6. The highest BCUT2D eigenvalue weighted by atomic mass is 35.5. The number of nitrogens with one attached hydrogen (secondary N) is 2. The van der Waals surface area contributed by atoms with Gasteiger partial charge in [0.1, 0.15) is 10.7 Å². The molecule has 0 spiro atoms. The Bertz CT molecular complexity index is 1070. The van der Waals surface area contributed by atoms with Gasteiger partial charge in [-0.1, -0.05) is 48.3 Å². The zero-order valence-electron chi connectivity index (χ0n) is 16.2. The van der Waals surface area contributed by atoms with E-state index in [1.165, 1.54) is 16.0 Å². The molecule has 9 heteroatoms. The average Bonchev–Trinajstić information content (AvgIpc) is 3.20. The fraction of sp³-hybridized carbons (Fsp3) is 0.250. The maximum Gasteiger partial charge on any atom is 0.279 e. The van der Waals surface area contributed by atoms with Crippen LogP contribution in [0.25, 0.3) is 0 Å². The number of benzene rings is 1. The topological polar surface area (TPSA) is 76.0 Å². The lowest BCUT2D eigenvalue weighted by molar-refractivity contribution is 0.0848. The maximum absolute atomic E-state index is 12.6. The molecule has 0 unspecified atom stereocenters. The Kier molecular flexibility index (Phi) is 6.62. The summed E-state index contributed by atoms with van der Waals surface area (Å²) < 4.78 is 1.50. The normalized spacial score (nSPS) is 10.8. The van der Waals surface area contributed by atoms with Gasteiger partial charge in [0.2, 0.25) is 0 Å². The number of thiophene rings is 1. The van der Waals surface area contributed by atoms with Crippen LogP contribution in [-0.2, 0) is 13.0 Å². The standard InChI is InChI=1S/C20H20Cl2N4O2S/c1-4-15-11(2)9-16(29-15)19(27)23-24-20(28)17-12(3)25-26(18(17)22)10-13-7-5-6-8-14(13)21/h5-9H,4,10H2,1-3H3,(H,23,27)(H,24,28). The molecule has 0 radical (unpaired) electrons. The number of nitrogens with zero attached hydrogens (tertiary/aromatic N) is 2. The molecule has 3 aromatic rings. The number of hydrogen-bond acceptors (Lipinski definition) is 4. The van der Waals surface area contributed by atoms with E-state index in [0.29, 0.717) is 22.1 Å². The third kappa shape index (κ3) is 4.63. The SMILES string of the molecule is CCc1sc(C(=O)NNC(=O)c2c(C)nn(Cc3ccccc3Cl)c2Cl)cc1C. The lowest BCUT2D eigenvalue weighted by Crippen LogP contribution is -2.41. The first-order valence-corrected chi connectivity index (χ1v) is 10.5. The monoisotopic (exact) mass is 450 g/mol. The van der Waals surface area contributed by atoms with E-state index in [1.807, 2.05) is 38.1 Å². The van der Waals surface area contributed by atoms with E-state index in [1.54, 1.807) is 13.0 Å².